The number of hydrogen-bond donors (Lipinski definition) is 3. The summed E-state index contributed by atoms with van der Waals surface area (Å²) in [5.41, 5.74) is 0.472. The standard InChI is InChI=1S/C25H35IN2O5/c1-2-8-23(30)28(18-9-4-3-5-10-18)20-15-17(25(32)27-13-14-29)16-22(24(20)31)33-21-12-7-6-11-19(21)26/h6-7,11-12,16,18,20,22,24,29,31H,2-5,8-10,13-15H2,1H3,(H,27,32)/t20-,22+,24+/m1/s1. The van der Waals surface area contributed by atoms with Crippen LogP contribution in [0.1, 0.15) is 58.3 Å². The summed E-state index contributed by atoms with van der Waals surface area (Å²) >= 11 is 2.18. The Hall–Kier alpha value is -1.65. The van der Waals surface area contributed by atoms with Gasteiger partial charge in [-0.15, -0.1) is 0 Å². The van der Waals surface area contributed by atoms with Crippen molar-refractivity contribution in [3.8, 4) is 5.75 Å². The maximum Gasteiger partial charge on any atom is 0.247 e. The van der Waals surface area contributed by atoms with E-state index >= 15 is 0 Å². The smallest absolute Gasteiger partial charge is 0.247 e. The van der Waals surface area contributed by atoms with E-state index in [2.05, 4.69) is 27.9 Å². The number of carbonyl (C=O) groups is 2. The number of para-hydroxylation sites is 1. The van der Waals surface area contributed by atoms with Gasteiger partial charge in [-0.25, -0.2) is 0 Å². The Bertz CT molecular complexity index is 840. The summed E-state index contributed by atoms with van der Waals surface area (Å²) in [6.07, 6.45) is 6.45. The molecule has 1 aromatic rings. The molecule has 2 aliphatic carbocycles. The second-order valence-corrected chi connectivity index (χ2v) is 9.95. The maximum atomic E-state index is 13.3. The average Bonchev–Trinajstić information content (AvgIpc) is 2.82. The number of aliphatic hydroxyl groups excluding tert-OH is 2. The average molecular weight is 570 g/mol. The topological polar surface area (TPSA) is 99.1 Å². The summed E-state index contributed by atoms with van der Waals surface area (Å²) in [7, 11) is 0. The third kappa shape index (κ3) is 6.70. The summed E-state index contributed by atoms with van der Waals surface area (Å²) in [5.74, 6) is 0.348. The highest BCUT2D eigenvalue weighted by atomic mass is 127. The van der Waals surface area contributed by atoms with Crippen molar-refractivity contribution in [2.24, 2.45) is 0 Å². The Morgan fingerprint density at radius 3 is 2.61 bits per heavy atom. The number of aliphatic hydroxyl groups is 2. The minimum Gasteiger partial charge on any atom is -0.482 e. The van der Waals surface area contributed by atoms with Crippen LogP contribution >= 0.6 is 22.6 Å². The molecule has 8 heteroatoms. The van der Waals surface area contributed by atoms with Crippen LogP contribution < -0.4 is 10.1 Å². The normalized spacial score (nSPS) is 23.5. The molecule has 0 saturated heterocycles. The SMILES string of the molecule is CCCC(=O)N(C1CCCCC1)[C@@H]1CC(C(=O)NCCO)=C[C@H](Oc2ccccc2I)[C@H]1O. The van der Waals surface area contributed by atoms with Crippen molar-refractivity contribution >= 4 is 34.4 Å². The van der Waals surface area contributed by atoms with Crippen molar-refractivity contribution in [1.29, 1.82) is 0 Å². The van der Waals surface area contributed by atoms with E-state index in [-0.39, 0.29) is 37.4 Å². The van der Waals surface area contributed by atoms with Crippen LogP contribution in [0.25, 0.3) is 0 Å². The van der Waals surface area contributed by atoms with Gasteiger partial charge >= 0.3 is 0 Å². The molecule has 182 valence electrons. The highest BCUT2D eigenvalue weighted by molar-refractivity contribution is 14.1. The van der Waals surface area contributed by atoms with Crippen LogP contribution in [-0.2, 0) is 9.59 Å². The number of rotatable bonds is 9. The van der Waals surface area contributed by atoms with Crippen LogP contribution in [-0.4, -0.2) is 64.4 Å². The molecule has 7 nitrogen and oxygen atoms in total. The van der Waals surface area contributed by atoms with Crippen molar-refractivity contribution in [3.05, 3.63) is 39.5 Å². The van der Waals surface area contributed by atoms with Gasteiger partial charge in [0, 0.05) is 31.0 Å². The summed E-state index contributed by atoms with van der Waals surface area (Å²) in [6.45, 7) is 1.97. The lowest BCUT2D eigenvalue weighted by molar-refractivity contribution is -0.143. The van der Waals surface area contributed by atoms with Crippen molar-refractivity contribution < 1.29 is 24.5 Å². The van der Waals surface area contributed by atoms with Gasteiger partial charge in [0.2, 0.25) is 11.8 Å². The molecule has 0 spiro atoms. The van der Waals surface area contributed by atoms with Crippen LogP contribution in [0.4, 0.5) is 0 Å². The van der Waals surface area contributed by atoms with E-state index in [1.54, 1.807) is 6.08 Å². The first-order chi connectivity index (χ1) is 16.0. The van der Waals surface area contributed by atoms with Crippen molar-refractivity contribution in [2.45, 2.75) is 82.6 Å². The van der Waals surface area contributed by atoms with Gasteiger partial charge < -0.3 is 25.2 Å². The van der Waals surface area contributed by atoms with Crippen LogP contribution in [0, 0.1) is 3.57 Å². The number of nitrogens with one attached hydrogen (secondary N) is 1. The summed E-state index contributed by atoms with van der Waals surface area (Å²) < 4.78 is 7.09. The Labute approximate surface area is 209 Å². The first kappa shape index (κ1) is 26.0. The van der Waals surface area contributed by atoms with E-state index in [0.29, 0.717) is 17.7 Å². The molecule has 0 heterocycles. The first-order valence-electron chi connectivity index (χ1n) is 12.0. The molecular weight excluding hydrogens is 535 g/mol. The highest BCUT2D eigenvalue weighted by Gasteiger charge is 2.42. The molecule has 33 heavy (non-hydrogen) atoms. The lowest BCUT2D eigenvalue weighted by atomic mass is 9.85. The molecule has 2 aliphatic rings. The third-order valence-electron chi connectivity index (χ3n) is 6.39. The van der Waals surface area contributed by atoms with Crippen molar-refractivity contribution in [1.82, 2.24) is 10.2 Å². The second-order valence-electron chi connectivity index (χ2n) is 8.79. The minimum absolute atomic E-state index is 0.0264. The van der Waals surface area contributed by atoms with Gasteiger partial charge in [-0.2, -0.15) is 0 Å². The number of hydrogen-bond acceptors (Lipinski definition) is 5. The number of ether oxygens (including phenoxy) is 1. The van der Waals surface area contributed by atoms with Gasteiger partial charge in [-0.05, 0) is 60.1 Å². The van der Waals surface area contributed by atoms with Crippen molar-refractivity contribution in [3.63, 3.8) is 0 Å². The van der Waals surface area contributed by atoms with Crippen LogP contribution in [0.2, 0.25) is 0 Å². The lowest BCUT2D eigenvalue weighted by Gasteiger charge is -2.45. The molecule has 3 rings (SSSR count). The van der Waals surface area contributed by atoms with Crippen LogP contribution in [0.5, 0.6) is 5.75 Å². The number of nitrogens with zero attached hydrogens (tertiary/aromatic N) is 1. The van der Waals surface area contributed by atoms with E-state index in [0.717, 1.165) is 42.1 Å². The molecule has 0 aliphatic heterocycles. The second kappa shape index (κ2) is 12.7. The lowest BCUT2D eigenvalue weighted by Crippen LogP contribution is -2.58. The molecule has 0 radical (unpaired) electrons. The zero-order valence-electron chi connectivity index (χ0n) is 19.2. The zero-order chi connectivity index (χ0) is 23.8. The molecule has 0 aromatic heterocycles. The Kier molecular flexibility index (Phi) is 10.0. The van der Waals surface area contributed by atoms with E-state index in [4.69, 9.17) is 9.84 Å². The van der Waals surface area contributed by atoms with Gasteiger partial charge in [0.05, 0.1) is 16.2 Å². The number of benzene rings is 1. The predicted octanol–water partition coefficient (Wildman–Crippen LogP) is 3.17. The number of carbonyl (C=O) groups excluding carboxylic acids is 2. The third-order valence-corrected chi connectivity index (χ3v) is 7.28. The molecule has 2 amide bonds. The Morgan fingerprint density at radius 2 is 1.94 bits per heavy atom. The van der Waals surface area contributed by atoms with Gasteiger partial charge in [0.25, 0.3) is 0 Å². The summed E-state index contributed by atoms with van der Waals surface area (Å²) in [5, 5.41) is 23.3. The van der Waals surface area contributed by atoms with E-state index in [1.807, 2.05) is 36.1 Å². The summed E-state index contributed by atoms with van der Waals surface area (Å²) in [4.78, 5) is 28.0. The van der Waals surface area contributed by atoms with Gasteiger partial charge in [-0.1, -0.05) is 38.3 Å². The first-order valence-corrected chi connectivity index (χ1v) is 13.0. The minimum atomic E-state index is -0.960. The fraction of sp³-hybridized carbons (Fsp3) is 0.600. The number of halogens is 1. The molecule has 3 N–H and O–H groups in total. The van der Waals surface area contributed by atoms with E-state index < -0.39 is 18.2 Å². The Morgan fingerprint density at radius 1 is 1.21 bits per heavy atom. The number of amides is 2. The zero-order valence-corrected chi connectivity index (χ0v) is 21.4. The van der Waals surface area contributed by atoms with Crippen LogP contribution in [0.3, 0.4) is 0 Å². The molecular formula is C25H35IN2O5. The predicted molar refractivity (Wildman–Crippen MR) is 135 cm³/mol. The van der Waals surface area contributed by atoms with E-state index in [9.17, 15) is 14.7 Å². The summed E-state index contributed by atoms with van der Waals surface area (Å²) in [6, 6.07) is 7.04. The van der Waals surface area contributed by atoms with Gasteiger partial charge in [-0.3, -0.25) is 9.59 Å². The molecule has 3 atom stereocenters. The van der Waals surface area contributed by atoms with Crippen LogP contribution in [0.15, 0.2) is 35.9 Å². The van der Waals surface area contributed by atoms with E-state index in [1.165, 1.54) is 0 Å². The highest BCUT2D eigenvalue weighted by Crippen LogP contribution is 2.33. The molecule has 0 bridgehead atoms. The molecule has 1 saturated carbocycles. The largest absolute Gasteiger partial charge is 0.482 e. The van der Waals surface area contributed by atoms with Gasteiger partial charge in [0.15, 0.2) is 0 Å². The quantitative estimate of drug-likeness (QED) is 0.397. The van der Waals surface area contributed by atoms with Gasteiger partial charge in [0.1, 0.15) is 18.0 Å². The maximum absolute atomic E-state index is 13.3. The monoisotopic (exact) mass is 570 g/mol. The molecule has 1 fully saturated rings. The van der Waals surface area contributed by atoms with Crippen molar-refractivity contribution in [2.75, 3.05) is 13.2 Å². The fourth-order valence-electron chi connectivity index (χ4n) is 4.80. The molecule has 1 aromatic carbocycles. The molecule has 0 unspecified atom stereocenters. The fourth-order valence-corrected chi connectivity index (χ4v) is 5.31. The Balaban J connectivity index is 1.94.